The van der Waals surface area contributed by atoms with Gasteiger partial charge >= 0.3 is 32.4 Å². The zero-order valence-corrected chi connectivity index (χ0v) is 3.63. The third-order valence-corrected chi connectivity index (χ3v) is 0. The molecule has 0 aliphatic heterocycles. The van der Waals surface area contributed by atoms with Gasteiger partial charge < -0.3 is 0 Å². The molecule has 2 heteroatoms. The van der Waals surface area contributed by atoms with E-state index < -0.39 is 0 Å². The molecule has 0 aromatic rings. The van der Waals surface area contributed by atoms with Gasteiger partial charge in [-0.2, -0.15) is 0 Å². The van der Waals surface area contributed by atoms with Gasteiger partial charge in [-0.25, -0.2) is 0 Å². The second kappa shape index (κ2) is 1.66. The average molecular weight is 96.0 g/mol. The number of hydrogen-bond acceptors (Lipinski definition) is 1. The fraction of sp³-hybridized carbons (Fsp3) is 0.500. The van der Waals surface area contributed by atoms with Crippen LogP contribution in [0.25, 0.3) is 0 Å². The third kappa shape index (κ3) is 33.4. The molecule has 0 spiro atoms. The summed E-state index contributed by atoms with van der Waals surface area (Å²) in [6.07, 6.45) is 0. The van der Waals surface area contributed by atoms with Crippen molar-refractivity contribution in [3.8, 4) is 0 Å². The van der Waals surface area contributed by atoms with E-state index in [1.54, 1.807) is 6.92 Å². The normalized spacial score (nSPS) is 6.50. The van der Waals surface area contributed by atoms with Crippen LogP contribution in [-0.4, -0.2) is 9.67 Å². The Balaban J connectivity index is 2.80. The Kier molecular flexibility index (Phi) is 1.81. The first kappa shape index (κ1) is 4.36. The first-order chi connectivity index (χ1) is 1.73. The van der Waals surface area contributed by atoms with E-state index in [4.69, 9.17) is 5.11 Å². The molecule has 0 saturated heterocycles. The summed E-state index contributed by atoms with van der Waals surface area (Å²) in [5, 5.41) is 7.92. The van der Waals surface area contributed by atoms with E-state index in [2.05, 4.69) is 15.9 Å². The first-order valence-corrected chi connectivity index (χ1v) is 1.57. The molecule has 0 aliphatic rings. The molecule has 0 atom stereocenters. The minimum absolute atomic E-state index is 0.292. The van der Waals surface area contributed by atoms with Crippen LogP contribution >= 0.6 is 0 Å². The molecule has 0 aromatic carbocycles. The van der Waals surface area contributed by atoms with Gasteiger partial charge in [0.2, 0.25) is 0 Å². The van der Waals surface area contributed by atoms with Crippen LogP contribution in [0.1, 0.15) is 6.92 Å². The Hall–Kier alpha value is 0.362. The number of aliphatic hydroxyl groups is 1. The van der Waals surface area contributed by atoms with Gasteiger partial charge in [-0.1, -0.05) is 0 Å². The predicted molar refractivity (Wildman–Crippen MR) is 12.6 cm³/mol. The average Bonchev–Trinajstić information content (AvgIpc) is 0.811. The summed E-state index contributed by atoms with van der Waals surface area (Å²) in [7, 11) is 0. The van der Waals surface area contributed by atoms with E-state index in [1.807, 2.05) is 0 Å². The molecule has 0 aliphatic carbocycles. The number of aliphatic hydroxyl groups excluding tert-OH is 1. The van der Waals surface area contributed by atoms with E-state index in [-0.39, 0.29) is 0 Å². The van der Waals surface area contributed by atoms with E-state index in [1.165, 1.54) is 0 Å². The summed E-state index contributed by atoms with van der Waals surface area (Å²) in [6.45, 7) is 1.58. The molecule has 0 rings (SSSR count). The second-order valence-electron chi connectivity index (χ2n) is 0.519. The molecule has 24 valence electrons. The van der Waals surface area contributed by atoms with Crippen LogP contribution in [0, 0.1) is 0 Å². The maximum atomic E-state index is 7.92. The van der Waals surface area contributed by atoms with Crippen molar-refractivity contribution in [2.45, 2.75) is 6.92 Å². The SMILES string of the molecule is C[C](O)=[Cr]. The van der Waals surface area contributed by atoms with Crippen molar-refractivity contribution < 1.29 is 21.0 Å². The molecule has 0 radical (unpaired) electrons. The van der Waals surface area contributed by atoms with Crippen molar-refractivity contribution in [1.29, 1.82) is 0 Å². The molecule has 1 N–H and O–H groups in total. The molecule has 0 saturated carbocycles. The molecule has 0 aromatic heterocycles. The van der Waals surface area contributed by atoms with Gasteiger partial charge in [0, 0.05) is 0 Å². The van der Waals surface area contributed by atoms with Gasteiger partial charge in [0.15, 0.2) is 0 Å². The van der Waals surface area contributed by atoms with E-state index in [0.29, 0.717) is 4.57 Å². The minimum atomic E-state index is 0.292. The topological polar surface area (TPSA) is 20.2 Å². The molecule has 0 amide bonds. The fourth-order valence-corrected chi connectivity index (χ4v) is 0. The van der Waals surface area contributed by atoms with Crippen molar-refractivity contribution >= 4 is 4.57 Å². The molecule has 0 fully saturated rings. The van der Waals surface area contributed by atoms with Gasteiger partial charge in [-0.15, -0.1) is 0 Å². The molecule has 4 heavy (non-hydrogen) atoms. The monoisotopic (exact) mass is 96.0 g/mol. The van der Waals surface area contributed by atoms with Crippen LogP contribution in [0.15, 0.2) is 0 Å². The fourth-order valence-electron chi connectivity index (χ4n) is 0. The zero-order valence-electron chi connectivity index (χ0n) is 2.36. The quantitative estimate of drug-likeness (QED) is 0.452. The van der Waals surface area contributed by atoms with Crippen LogP contribution in [0.2, 0.25) is 0 Å². The van der Waals surface area contributed by atoms with Crippen LogP contribution in [0.5, 0.6) is 0 Å². The predicted octanol–water partition coefficient (Wildman–Crippen LogP) is 0.0555. The van der Waals surface area contributed by atoms with Crippen molar-refractivity contribution in [3.63, 3.8) is 0 Å². The first-order valence-electron chi connectivity index (χ1n) is 0.928. The molecular formula is C2H4CrO. The summed E-state index contributed by atoms with van der Waals surface area (Å²) in [5.74, 6) is 0. The summed E-state index contributed by atoms with van der Waals surface area (Å²) < 4.78 is 0.292. The van der Waals surface area contributed by atoms with Crippen LogP contribution in [0.4, 0.5) is 0 Å². The summed E-state index contributed by atoms with van der Waals surface area (Å²) in [6, 6.07) is 0. The Morgan fingerprint density at radius 2 is 2.00 bits per heavy atom. The molecular weight excluding hydrogens is 92.0 g/mol. The van der Waals surface area contributed by atoms with Crippen LogP contribution < -0.4 is 0 Å². The number of hydrogen-bond donors (Lipinski definition) is 1. The molecule has 0 heterocycles. The molecule has 0 bridgehead atoms. The summed E-state index contributed by atoms with van der Waals surface area (Å²) in [4.78, 5) is 0. The van der Waals surface area contributed by atoms with Gasteiger partial charge in [0.25, 0.3) is 0 Å². The Morgan fingerprint density at radius 3 is 2.00 bits per heavy atom. The molecule has 0 unspecified atom stereocenters. The van der Waals surface area contributed by atoms with Crippen molar-refractivity contribution in [3.05, 3.63) is 0 Å². The molecule has 1 nitrogen and oxygen atoms in total. The van der Waals surface area contributed by atoms with Crippen LogP contribution in [0.3, 0.4) is 0 Å². The summed E-state index contributed by atoms with van der Waals surface area (Å²) in [5.41, 5.74) is 0. The Morgan fingerprint density at radius 1 is 2.00 bits per heavy atom. The van der Waals surface area contributed by atoms with Gasteiger partial charge in [0.1, 0.15) is 0 Å². The standard InChI is InChI=1S/C2H4O.Cr/c1-2-3;/h3H,1H3;. The Labute approximate surface area is 33.2 Å². The second-order valence-corrected chi connectivity index (χ2v) is 1.44. The van der Waals surface area contributed by atoms with Gasteiger partial charge in [0.05, 0.1) is 0 Å². The Bertz CT molecular complexity index is 29.0. The van der Waals surface area contributed by atoms with Crippen molar-refractivity contribution in [2.24, 2.45) is 0 Å². The van der Waals surface area contributed by atoms with Crippen molar-refractivity contribution in [2.75, 3.05) is 0 Å². The van der Waals surface area contributed by atoms with Gasteiger partial charge in [-0.3, -0.25) is 0 Å². The van der Waals surface area contributed by atoms with Crippen molar-refractivity contribution in [1.82, 2.24) is 0 Å². The van der Waals surface area contributed by atoms with Crippen LogP contribution in [-0.2, 0) is 15.9 Å². The van der Waals surface area contributed by atoms with E-state index in [0.717, 1.165) is 0 Å². The summed E-state index contributed by atoms with van der Waals surface area (Å²) >= 11 is 2.38. The van der Waals surface area contributed by atoms with E-state index >= 15 is 0 Å². The van der Waals surface area contributed by atoms with Gasteiger partial charge in [-0.05, 0) is 0 Å². The zero-order chi connectivity index (χ0) is 3.58. The maximum absolute atomic E-state index is 7.92. The van der Waals surface area contributed by atoms with E-state index in [9.17, 15) is 0 Å². The third-order valence-electron chi connectivity index (χ3n) is 0. The number of rotatable bonds is 0.